The van der Waals surface area contributed by atoms with E-state index in [-0.39, 0.29) is 5.91 Å². The smallest absolute Gasteiger partial charge is 0.270 e. The lowest BCUT2D eigenvalue weighted by Crippen LogP contribution is -2.26. The summed E-state index contributed by atoms with van der Waals surface area (Å²) in [5.74, 6) is 0.446. The fraction of sp³-hybridized carbons (Fsp3) is 0.267. The van der Waals surface area contributed by atoms with Crippen molar-refractivity contribution in [2.75, 3.05) is 5.32 Å². The van der Waals surface area contributed by atoms with Gasteiger partial charge in [0.15, 0.2) is 0 Å². The Hall–Kier alpha value is -1.95. The Labute approximate surface area is 131 Å². The van der Waals surface area contributed by atoms with Gasteiger partial charge in [-0.2, -0.15) is 0 Å². The molecule has 6 heteroatoms. The first-order valence-electron chi connectivity index (χ1n) is 6.78. The predicted molar refractivity (Wildman–Crippen MR) is 84.7 cm³/mol. The van der Waals surface area contributed by atoms with Gasteiger partial charge in [-0.3, -0.25) is 4.79 Å². The average Bonchev–Trinajstić information content (AvgIpc) is 3.26. The van der Waals surface area contributed by atoms with Crippen molar-refractivity contribution in [3.05, 3.63) is 46.3 Å². The first-order chi connectivity index (χ1) is 10.1. The summed E-state index contributed by atoms with van der Waals surface area (Å²) >= 11 is 3.51. The van der Waals surface area contributed by atoms with Crippen LogP contribution in [0.4, 0.5) is 11.5 Å². The average molecular weight is 347 g/mol. The summed E-state index contributed by atoms with van der Waals surface area (Å²) in [4.78, 5) is 20.1. The zero-order valence-electron chi connectivity index (χ0n) is 11.6. The van der Waals surface area contributed by atoms with Crippen molar-refractivity contribution < 1.29 is 4.79 Å². The van der Waals surface area contributed by atoms with Gasteiger partial charge in [0.25, 0.3) is 5.91 Å². The molecule has 0 unspecified atom stereocenters. The molecule has 5 nitrogen and oxygen atoms in total. The van der Waals surface area contributed by atoms with Crippen LogP contribution in [-0.4, -0.2) is 21.9 Å². The first kappa shape index (κ1) is 14.0. The van der Waals surface area contributed by atoms with Crippen LogP contribution in [0, 0.1) is 6.92 Å². The van der Waals surface area contributed by atoms with Crippen LogP contribution in [0.3, 0.4) is 0 Å². The van der Waals surface area contributed by atoms with Crippen LogP contribution in [0.5, 0.6) is 0 Å². The molecule has 0 bridgehead atoms. The van der Waals surface area contributed by atoms with Crippen molar-refractivity contribution in [3.8, 4) is 0 Å². The molecule has 2 aromatic rings. The number of hydrogen-bond acceptors (Lipinski definition) is 4. The van der Waals surface area contributed by atoms with Gasteiger partial charge in [0.1, 0.15) is 17.8 Å². The van der Waals surface area contributed by atoms with Crippen molar-refractivity contribution in [2.24, 2.45) is 0 Å². The molecule has 1 fully saturated rings. The van der Waals surface area contributed by atoms with E-state index < -0.39 is 0 Å². The van der Waals surface area contributed by atoms with Crippen LogP contribution < -0.4 is 10.6 Å². The number of carbonyl (C=O) groups excluding carboxylic acids is 1. The fourth-order valence-electron chi connectivity index (χ4n) is 1.90. The molecule has 1 saturated carbocycles. The van der Waals surface area contributed by atoms with Gasteiger partial charge in [0, 0.05) is 16.6 Å². The highest BCUT2D eigenvalue weighted by molar-refractivity contribution is 9.10. The van der Waals surface area contributed by atoms with Crippen molar-refractivity contribution in [1.82, 2.24) is 15.3 Å². The van der Waals surface area contributed by atoms with Crippen molar-refractivity contribution in [2.45, 2.75) is 25.8 Å². The molecule has 21 heavy (non-hydrogen) atoms. The Morgan fingerprint density at radius 3 is 2.81 bits per heavy atom. The van der Waals surface area contributed by atoms with E-state index in [0.717, 1.165) is 23.0 Å². The SMILES string of the molecule is Cc1ccc(Nc2cc(C(=O)NC3CC3)ncn2)c(Br)c1. The summed E-state index contributed by atoms with van der Waals surface area (Å²) in [5, 5.41) is 6.10. The van der Waals surface area contributed by atoms with Crippen LogP contribution in [0.25, 0.3) is 0 Å². The lowest BCUT2D eigenvalue weighted by Gasteiger charge is -2.09. The Morgan fingerprint density at radius 2 is 2.10 bits per heavy atom. The second kappa shape index (κ2) is 5.81. The Balaban J connectivity index is 1.77. The maximum absolute atomic E-state index is 12.0. The Bertz CT molecular complexity index is 685. The van der Waals surface area contributed by atoms with Gasteiger partial charge in [0.05, 0.1) is 5.69 Å². The molecule has 0 atom stereocenters. The highest BCUT2D eigenvalue weighted by Gasteiger charge is 2.24. The molecule has 0 aliphatic heterocycles. The van der Waals surface area contributed by atoms with E-state index in [1.165, 1.54) is 11.9 Å². The van der Waals surface area contributed by atoms with Gasteiger partial charge in [-0.1, -0.05) is 6.07 Å². The molecule has 1 amide bonds. The number of halogens is 1. The predicted octanol–water partition coefficient (Wildman–Crippen LogP) is 3.18. The summed E-state index contributed by atoms with van der Waals surface area (Å²) in [6.07, 6.45) is 3.50. The number of anilines is 2. The van der Waals surface area contributed by atoms with Gasteiger partial charge in [-0.05, 0) is 53.4 Å². The largest absolute Gasteiger partial charge is 0.348 e. The minimum absolute atomic E-state index is 0.147. The van der Waals surface area contributed by atoms with Crippen molar-refractivity contribution >= 4 is 33.3 Å². The molecule has 1 aliphatic rings. The molecule has 108 valence electrons. The quantitative estimate of drug-likeness (QED) is 0.892. The third-order valence-electron chi connectivity index (χ3n) is 3.20. The first-order valence-corrected chi connectivity index (χ1v) is 7.57. The lowest BCUT2D eigenvalue weighted by atomic mass is 10.2. The van der Waals surface area contributed by atoms with Crippen LogP contribution in [0.2, 0.25) is 0 Å². The highest BCUT2D eigenvalue weighted by atomic mass is 79.9. The van der Waals surface area contributed by atoms with E-state index in [0.29, 0.717) is 17.6 Å². The number of aryl methyl sites for hydroxylation is 1. The molecule has 1 aromatic carbocycles. The number of carbonyl (C=O) groups is 1. The van der Waals surface area contributed by atoms with Gasteiger partial charge < -0.3 is 10.6 Å². The van der Waals surface area contributed by atoms with E-state index >= 15 is 0 Å². The van der Waals surface area contributed by atoms with E-state index in [9.17, 15) is 4.79 Å². The standard InChI is InChI=1S/C15H15BrN4O/c1-9-2-5-12(11(16)6-9)20-14-7-13(17-8-18-14)15(21)19-10-3-4-10/h2,5-8,10H,3-4H2,1H3,(H,19,21)(H,17,18,20). The second-order valence-electron chi connectivity index (χ2n) is 5.14. The van der Waals surface area contributed by atoms with E-state index in [1.54, 1.807) is 6.07 Å². The van der Waals surface area contributed by atoms with Gasteiger partial charge in [-0.25, -0.2) is 9.97 Å². The maximum Gasteiger partial charge on any atom is 0.270 e. The zero-order valence-corrected chi connectivity index (χ0v) is 13.1. The minimum atomic E-state index is -0.147. The van der Waals surface area contributed by atoms with Gasteiger partial charge >= 0.3 is 0 Å². The van der Waals surface area contributed by atoms with Gasteiger partial charge in [0.2, 0.25) is 0 Å². The number of amides is 1. The molecule has 1 aliphatic carbocycles. The molecule has 2 N–H and O–H groups in total. The fourth-order valence-corrected chi connectivity index (χ4v) is 2.49. The molecule has 1 aromatic heterocycles. The molecule has 0 spiro atoms. The maximum atomic E-state index is 12.0. The molecular formula is C15H15BrN4O. The molecule has 1 heterocycles. The Kier molecular flexibility index (Phi) is 3.88. The van der Waals surface area contributed by atoms with E-state index in [4.69, 9.17) is 0 Å². The summed E-state index contributed by atoms with van der Waals surface area (Å²) in [7, 11) is 0. The summed E-state index contributed by atoms with van der Waals surface area (Å²) in [6.45, 7) is 2.03. The molecule has 0 radical (unpaired) electrons. The van der Waals surface area contributed by atoms with Gasteiger partial charge in [-0.15, -0.1) is 0 Å². The third-order valence-corrected chi connectivity index (χ3v) is 3.86. The zero-order chi connectivity index (χ0) is 14.8. The highest BCUT2D eigenvalue weighted by Crippen LogP contribution is 2.26. The second-order valence-corrected chi connectivity index (χ2v) is 6.00. The number of aromatic nitrogens is 2. The van der Waals surface area contributed by atoms with E-state index in [2.05, 4.69) is 36.5 Å². The third kappa shape index (κ3) is 3.58. The minimum Gasteiger partial charge on any atom is -0.348 e. The summed E-state index contributed by atoms with van der Waals surface area (Å²) in [6, 6.07) is 7.96. The van der Waals surface area contributed by atoms with E-state index in [1.807, 2.05) is 25.1 Å². The summed E-state index contributed by atoms with van der Waals surface area (Å²) < 4.78 is 0.949. The van der Waals surface area contributed by atoms with Crippen LogP contribution in [0.1, 0.15) is 28.9 Å². The molecular weight excluding hydrogens is 332 g/mol. The Morgan fingerprint density at radius 1 is 1.29 bits per heavy atom. The summed E-state index contributed by atoms with van der Waals surface area (Å²) in [5.41, 5.74) is 2.44. The van der Waals surface area contributed by atoms with Crippen molar-refractivity contribution in [1.29, 1.82) is 0 Å². The molecule has 3 rings (SSSR count). The van der Waals surface area contributed by atoms with Crippen LogP contribution >= 0.6 is 15.9 Å². The van der Waals surface area contributed by atoms with Crippen LogP contribution in [0.15, 0.2) is 35.1 Å². The number of nitrogens with zero attached hydrogens (tertiary/aromatic N) is 2. The van der Waals surface area contributed by atoms with Crippen molar-refractivity contribution in [3.63, 3.8) is 0 Å². The van der Waals surface area contributed by atoms with Crippen LogP contribution in [-0.2, 0) is 0 Å². The monoisotopic (exact) mass is 346 g/mol. The topological polar surface area (TPSA) is 66.9 Å². The number of benzene rings is 1. The lowest BCUT2D eigenvalue weighted by molar-refractivity contribution is 0.0946. The number of hydrogen-bond donors (Lipinski definition) is 2. The number of rotatable bonds is 4. The number of nitrogens with one attached hydrogen (secondary N) is 2. The molecule has 0 saturated heterocycles. The normalized spacial score (nSPS) is 13.8.